The standard InChI is InChI=1S/C15H28N4O5S/c1-4-8(2)12(15(23)24)19-14(22)10(7-11(17)20)18-13(21)9(16)5-6-25-3/h8-10,12H,4-7,16H2,1-3H3,(H2,17,20)(H,18,21)(H,19,22)(H,23,24). The molecule has 25 heavy (non-hydrogen) atoms. The predicted octanol–water partition coefficient (Wildman–Crippen LogP) is -0.957. The Labute approximate surface area is 151 Å². The smallest absolute Gasteiger partial charge is 0.326 e. The van der Waals surface area contributed by atoms with Crippen LogP contribution >= 0.6 is 11.8 Å². The number of hydrogen-bond donors (Lipinski definition) is 5. The summed E-state index contributed by atoms with van der Waals surface area (Å²) in [4.78, 5) is 46.9. The summed E-state index contributed by atoms with van der Waals surface area (Å²) in [6.07, 6.45) is 2.36. The molecule has 0 aliphatic heterocycles. The molecule has 144 valence electrons. The molecule has 0 bridgehead atoms. The third-order valence-electron chi connectivity index (χ3n) is 3.78. The zero-order valence-electron chi connectivity index (χ0n) is 14.8. The molecule has 3 amide bonds. The average molecular weight is 376 g/mol. The Hall–Kier alpha value is -1.81. The van der Waals surface area contributed by atoms with Crippen molar-refractivity contribution in [3.05, 3.63) is 0 Å². The molecule has 7 N–H and O–H groups in total. The van der Waals surface area contributed by atoms with Gasteiger partial charge in [0, 0.05) is 0 Å². The normalized spacial score (nSPS) is 15.5. The van der Waals surface area contributed by atoms with Crippen LogP contribution in [0.3, 0.4) is 0 Å². The van der Waals surface area contributed by atoms with E-state index in [-0.39, 0.29) is 5.92 Å². The van der Waals surface area contributed by atoms with E-state index in [4.69, 9.17) is 11.5 Å². The molecule has 4 unspecified atom stereocenters. The molecular formula is C15H28N4O5S. The fourth-order valence-corrected chi connectivity index (χ4v) is 2.49. The van der Waals surface area contributed by atoms with Gasteiger partial charge in [-0.25, -0.2) is 4.79 Å². The Morgan fingerprint density at radius 3 is 2.20 bits per heavy atom. The fourth-order valence-electron chi connectivity index (χ4n) is 2.00. The zero-order chi connectivity index (χ0) is 19.6. The van der Waals surface area contributed by atoms with E-state index in [1.165, 1.54) is 11.8 Å². The van der Waals surface area contributed by atoms with Crippen LogP contribution in [0, 0.1) is 5.92 Å². The summed E-state index contributed by atoms with van der Waals surface area (Å²) in [6, 6.07) is -3.23. The maximum absolute atomic E-state index is 12.3. The SMILES string of the molecule is CCC(C)C(NC(=O)C(CC(N)=O)NC(=O)C(N)CCSC)C(=O)O. The van der Waals surface area contributed by atoms with E-state index in [1.807, 2.05) is 6.26 Å². The highest BCUT2D eigenvalue weighted by atomic mass is 32.2. The van der Waals surface area contributed by atoms with Crippen LogP contribution in [0.5, 0.6) is 0 Å². The summed E-state index contributed by atoms with van der Waals surface area (Å²) < 4.78 is 0. The maximum Gasteiger partial charge on any atom is 0.326 e. The van der Waals surface area contributed by atoms with Gasteiger partial charge in [0.2, 0.25) is 17.7 Å². The summed E-state index contributed by atoms with van der Waals surface area (Å²) in [5, 5.41) is 14.0. The topological polar surface area (TPSA) is 165 Å². The number of aliphatic carboxylic acids is 1. The average Bonchev–Trinajstić information content (AvgIpc) is 2.54. The number of amides is 3. The second-order valence-electron chi connectivity index (χ2n) is 5.83. The van der Waals surface area contributed by atoms with Gasteiger partial charge in [-0.15, -0.1) is 0 Å². The number of primary amides is 1. The number of carboxylic acids is 1. The van der Waals surface area contributed by atoms with Crippen molar-refractivity contribution in [1.29, 1.82) is 0 Å². The van der Waals surface area contributed by atoms with Gasteiger partial charge in [0.1, 0.15) is 12.1 Å². The predicted molar refractivity (Wildman–Crippen MR) is 95.7 cm³/mol. The van der Waals surface area contributed by atoms with E-state index in [1.54, 1.807) is 13.8 Å². The molecule has 4 atom stereocenters. The van der Waals surface area contributed by atoms with Crippen LogP contribution in [-0.4, -0.2) is 58.9 Å². The van der Waals surface area contributed by atoms with Crippen LogP contribution < -0.4 is 22.1 Å². The first-order chi connectivity index (χ1) is 11.6. The molecule has 0 heterocycles. The number of rotatable bonds is 12. The second-order valence-corrected chi connectivity index (χ2v) is 6.82. The van der Waals surface area contributed by atoms with Gasteiger partial charge < -0.3 is 27.2 Å². The van der Waals surface area contributed by atoms with E-state index < -0.39 is 48.2 Å². The number of carbonyl (C=O) groups excluding carboxylic acids is 3. The summed E-state index contributed by atoms with van der Waals surface area (Å²) in [5.74, 6) is -3.02. The van der Waals surface area contributed by atoms with Crippen LogP contribution in [-0.2, 0) is 19.2 Å². The van der Waals surface area contributed by atoms with Crippen molar-refractivity contribution >= 4 is 35.5 Å². The molecule has 0 saturated carbocycles. The highest BCUT2D eigenvalue weighted by Crippen LogP contribution is 2.09. The van der Waals surface area contributed by atoms with Gasteiger partial charge in [-0.05, 0) is 24.3 Å². The lowest BCUT2D eigenvalue weighted by molar-refractivity contribution is -0.143. The van der Waals surface area contributed by atoms with Crippen LogP contribution in [0.2, 0.25) is 0 Å². The van der Waals surface area contributed by atoms with Gasteiger partial charge in [-0.3, -0.25) is 14.4 Å². The molecule has 0 aromatic rings. The van der Waals surface area contributed by atoms with Crippen molar-refractivity contribution in [2.75, 3.05) is 12.0 Å². The van der Waals surface area contributed by atoms with Crippen molar-refractivity contribution in [2.45, 2.75) is 51.2 Å². The lowest BCUT2D eigenvalue weighted by atomic mass is 9.98. The van der Waals surface area contributed by atoms with Crippen molar-refractivity contribution < 1.29 is 24.3 Å². The van der Waals surface area contributed by atoms with Crippen molar-refractivity contribution in [2.24, 2.45) is 17.4 Å². The van der Waals surface area contributed by atoms with Crippen LogP contribution in [0.1, 0.15) is 33.1 Å². The molecule has 0 spiro atoms. The van der Waals surface area contributed by atoms with E-state index in [0.29, 0.717) is 18.6 Å². The molecule has 0 fully saturated rings. The lowest BCUT2D eigenvalue weighted by Gasteiger charge is -2.24. The number of carboxylic acid groups (broad SMARTS) is 1. The molecule has 0 aromatic heterocycles. The summed E-state index contributed by atoms with van der Waals surface area (Å²) in [7, 11) is 0. The first kappa shape index (κ1) is 23.2. The zero-order valence-corrected chi connectivity index (χ0v) is 15.6. The Kier molecular flexibility index (Phi) is 10.8. The van der Waals surface area contributed by atoms with Gasteiger partial charge in [0.05, 0.1) is 12.5 Å². The Morgan fingerprint density at radius 2 is 1.76 bits per heavy atom. The van der Waals surface area contributed by atoms with Gasteiger partial charge in [0.25, 0.3) is 0 Å². The van der Waals surface area contributed by atoms with Gasteiger partial charge in [0.15, 0.2) is 0 Å². The summed E-state index contributed by atoms with van der Waals surface area (Å²) in [5.41, 5.74) is 10.9. The minimum atomic E-state index is -1.27. The highest BCUT2D eigenvalue weighted by molar-refractivity contribution is 7.98. The van der Waals surface area contributed by atoms with Gasteiger partial charge in [-0.1, -0.05) is 20.3 Å². The molecule has 0 aliphatic rings. The molecule has 0 rings (SSSR count). The largest absolute Gasteiger partial charge is 0.480 e. The van der Waals surface area contributed by atoms with E-state index >= 15 is 0 Å². The molecule has 0 aliphatic carbocycles. The molecule has 10 heteroatoms. The molecule has 0 saturated heterocycles. The highest BCUT2D eigenvalue weighted by Gasteiger charge is 2.31. The quantitative estimate of drug-likeness (QED) is 0.293. The fraction of sp³-hybridized carbons (Fsp3) is 0.733. The number of nitrogens with one attached hydrogen (secondary N) is 2. The van der Waals surface area contributed by atoms with Crippen molar-refractivity contribution in [3.8, 4) is 0 Å². The van der Waals surface area contributed by atoms with Gasteiger partial charge in [-0.2, -0.15) is 11.8 Å². The van der Waals surface area contributed by atoms with Crippen LogP contribution in [0.25, 0.3) is 0 Å². The molecule has 0 radical (unpaired) electrons. The molecular weight excluding hydrogens is 348 g/mol. The van der Waals surface area contributed by atoms with E-state index in [0.717, 1.165) is 0 Å². The van der Waals surface area contributed by atoms with Crippen LogP contribution in [0.15, 0.2) is 0 Å². The number of hydrogen-bond acceptors (Lipinski definition) is 6. The number of nitrogens with two attached hydrogens (primary N) is 2. The third-order valence-corrected chi connectivity index (χ3v) is 4.43. The lowest BCUT2D eigenvalue weighted by Crippen LogP contribution is -2.56. The van der Waals surface area contributed by atoms with Gasteiger partial charge >= 0.3 is 5.97 Å². The summed E-state index contributed by atoms with van der Waals surface area (Å²) >= 11 is 1.52. The van der Waals surface area contributed by atoms with Crippen LogP contribution in [0.4, 0.5) is 0 Å². The Morgan fingerprint density at radius 1 is 1.16 bits per heavy atom. The maximum atomic E-state index is 12.3. The number of carbonyl (C=O) groups is 4. The van der Waals surface area contributed by atoms with Crippen molar-refractivity contribution in [1.82, 2.24) is 10.6 Å². The Balaban J connectivity index is 5.05. The minimum absolute atomic E-state index is 0.324. The van der Waals surface area contributed by atoms with Crippen molar-refractivity contribution in [3.63, 3.8) is 0 Å². The summed E-state index contributed by atoms with van der Waals surface area (Å²) in [6.45, 7) is 3.47. The molecule has 9 nitrogen and oxygen atoms in total. The van der Waals surface area contributed by atoms with E-state index in [9.17, 15) is 24.3 Å². The first-order valence-corrected chi connectivity index (χ1v) is 9.39. The third kappa shape index (κ3) is 8.73. The number of thioether (sulfide) groups is 1. The Bertz CT molecular complexity index is 489. The van der Waals surface area contributed by atoms with E-state index in [2.05, 4.69) is 10.6 Å². The first-order valence-electron chi connectivity index (χ1n) is 8.00. The monoisotopic (exact) mass is 376 g/mol. The minimum Gasteiger partial charge on any atom is -0.480 e. The second kappa shape index (κ2) is 11.7. The molecule has 0 aromatic carbocycles.